The van der Waals surface area contributed by atoms with Crippen molar-refractivity contribution in [1.82, 2.24) is 4.90 Å². The molecule has 3 nitrogen and oxygen atoms in total. The van der Waals surface area contributed by atoms with Crippen molar-refractivity contribution in [2.24, 2.45) is 11.8 Å². The fourth-order valence-corrected chi connectivity index (χ4v) is 6.29. The highest BCUT2D eigenvalue weighted by atomic mass is 19.4. The van der Waals surface area contributed by atoms with Gasteiger partial charge in [-0.05, 0) is 78.8 Å². The Balaban J connectivity index is 1.72. The minimum Gasteiger partial charge on any atom is -0.406 e. The number of hydrogen-bond donors (Lipinski definition) is 0. The zero-order valence-corrected chi connectivity index (χ0v) is 25.2. The summed E-state index contributed by atoms with van der Waals surface area (Å²) in [6, 6.07) is 15.2. The molecule has 222 valence electrons. The number of aryl methyl sites for hydroxylation is 1. The van der Waals surface area contributed by atoms with Crippen molar-refractivity contribution in [1.29, 1.82) is 0 Å². The van der Waals surface area contributed by atoms with Gasteiger partial charge in [0.1, 0.15) is 11.5 Å². The fraction of sp³-hybridized carbons (Fsp3) is 0.618. The van der Waals surface area contributed by atoms with E-state index < -0.39 is 6.36 Å². The molecule has 2 aromatic rings. The number of piperidine rings is 1. The zero-order valence-electron chi connectivity index (χ0n) is 25.2. The molecule has 0 saturated carbocycles. The van der Waals surface area contributed by atoms with Gasteiger partial charge < -0.3 is 4.74 Å². The minimum absolute atomic E-state index is 0.0564. The van der Waals surface area contributed by atoms with Crippen LogP contribution in [-0.4, -0.2) is 30.1 Å². The maximum Gasteiger partial charge on any atom is 0.573 e. The fourth-order valence-electron chi connectivity index (χ4n) is 6.29. The van der Waals surface area contributed by atoms with E-state index in [4.69, 9.17) is 0 Å². The Bertz CT molecular complexity index is 1050. The highest BCUT2D eigenvalue weighted by Crippen LogP contribution is 2.41. The highest BCUT2D eigenvalue weighted by molar-refractivity contribution is 5.85. The van der Waals surface area contributed by atoms with E-state index in [0.717, 1.165) is 43.6 Å². The number of alkyl halides is 3. The predicted octanol–water partition coefficient (Wildman–Crippen LogP) is 9.44. The van der Waals surface area contributed by atoms with Crippen LogP contribution >= 0.6 is 0 Å². The standard InChI is InChI=1S/C34H48F3NO2/c1-7-24(8-2)11-10-14-30-31(39)23-27(13-9-12-25-15-21-29(22-16-25)40-34(35,36)37)32(38(30)6)26-17-19-28(20-18-26)33(3,4)5/h15-22,24,27,30,32H,7-14,23H2,1-6H3/t27?,30-,32-/m0/s1. The highest BCUT2D eigenvalue weighted by Gasteiger charge is 2.40. The molecule has 1 aliphatic heterocycles. The number of carbonyl (C=O) groups is 1. The molecule has 0 N–H and O–H groups in total. The third-order valence-corrected chi connectivity index (χ3v) is 8.77. The normalized spacial score (nSPS) is 20.8. The lowest BCUT2D eigenvalue weighted by molar-refractivity contribution is -0.274. The van der Waals surface area contributed by atoms with Gasteiger partial charge in [-0.25, -0.2) is 0 Å². The van der Waals surface area contributed by atoms with Crippen LogP contribution in [0.3, 0.4) is 0 Å². The topological polar surface area (TPSA) is 29.5 Å². The van der Waals surface area contributed by atoms with Crippen molar-refractivity contribution < 1.29 is 22.7 Å². The molecular formula is C34H48F3NO2. The van der Waals surface area contributed by atoms with Crippen LogP contribution in [0.25, 0.3) is 0 Å². The number of benzene rings is 2. The van der Waals surface area contributed by atoms with Gasteiger partial charge in [-0.2, -0.15) is 0 Å². The van der Waals surface area contributed by atoms with E-state index in [0.29, 0.717) is 12.2 Å². The van der Waals surface area contributed by atoms with Gasteiger partial charge >= 0.3 is 6.36 Å². The molecule has 2 aromatic carbocycles. The van der Waals surface area contributed by atoms with Gasteiger partial charge in [-0.15, -0.1) is 13.2 Å². The average Bonchev–Trinajstić information content (AvgIpc) is 2.88. The van der Waals surface area contributed by atoms with Gasteiger partial charge in [0, 0.05) is 12.5 Å². The lowest BCUT2D eigenvalue weighted by Gasteiger charge is -2.44. The molecule has 0 spiro atoms. The third-order valence-electron chi connectivity index (χ3n) is 8.77. The molecule has 1 saturated heterocycles. The monoisotopic (exact) mass is 559 g/mol. The van der Waals surface area contributed by atoms with E-state index in [1.54, 1.807) is 12.1 Å². The average molecular weight is 560 g/mol. The summed E-state index contributed by atoms with van der Waals surface area (Å²) in [4.78, 5) is 15.8. The van der Waals surface area contributed by atoms with Crippen molar-refractivity contribution >= 4 is 5.78 Å². The molecule has 1 fully saturated rings. The summed E-state index contributed by atoms with van der Waals surface area (Å²) in [6.45, 7) is 11.1. The Kier molecular flexibility index (Phi) is 11.3. The molecule has 1 unspecified atom stereocenters. The van der Waals surface area contributed by atoms with Crippen molar-refractivity contribution in [3.05, 3.63) is 65.2 Å². The molecule has 0 aliphatic carbocycles. The molecule has 0 aromatic heterocycles. The number of nitrogens with zero attached hydrogens (tertiary/aromatic N) is 1. The quantitative estimate of drug-likeness (QED) is 0.259. The third kappa shape index (κ3) is 9.09. The van der Waals surface area contributed by atoms with E-state index >= 15 is 0 Å². The maximum absolute atomic E-state index is 13.4. The number of likely N-dealkylation sites (N-methyl/N-ethyl adjacent to an activating group) is 1. The second-order valence-electron chi connectivity index (χ2n) is 12.6. The van der Waals surface area contributed by atoms with Gasteiger partial charge in [-0.1, -0.05) is 96.7 Å². The van der Waals surface area contributed by atoms with Crippen molar-refractivity contribution in [3.8, 4) is 5.75 Å². The summed E-state index contributed by atoms with van der Waals surface area (Å²) < 4.78 is 41.4. The molecule has 3 rings (SSSR count). The Morgan fingerprint density at radius 2 is 1.55 bits per heavy atom. The van der Waals surface area contributed by atoms with E-state index in [9.17, 15) is 18.0 Å². The van der Waals surface area contributed by atoms with Crippen LogP contribution in [0.1, 0.15) is 109 Å². The van der Waals surface area contributed by atoms with Gasteiger partial charge in [-0.3, -0.25) is 9.69 Å². The molecule has 1 aliphatic rings. The van der Waals surface area contributed by atoms with Crippen LogP contribution in [-0.2, 0) is 16.6 Å². The number of ether oxygens (including phenoxy) is 1. The minimum atomic E-state index is -4.69. The first-order valence-corrected chi connectivity index (χ1v) is 15.0. The van der Waals surface area contributed by atoms with Crippen molar-refractivity contribution in [3.63, 3.8) is 0 Å². The van der Waals surface area contributed by atoms with Gasteiger partial charge in [0.2, 0.25) is 0 Å². The predicted molar refractivity (Wildman–Crippen MR) is 157 cm³/mol. The van der Waals surface area contributed by atoms with Crippen LogP contribution in [0.15, 0.2) is 48.5 Å². The van der Waals surface area contributed by atoms with E-state index in [2.05, 4.69) is 75.6 Å². The Hall–Kier alpha value is -2.34. The Morgan fingerprint density at radius 1 is 0.925 bits per heavy atom. The summed E-state index contributed by atoms with van der Waals surface area (Å²) >= 11 is 0. The maximum atomic E-state index is 13.4. The van der Waals surface area contributed by atoms with Gasteiger partial charge in [0.05, 0.1) is 6.04 Å². The molecule has 0 bridgehead atoms. The number of ketones is 1. The first-order chi connectivity index (χ1) is 18.8. The molecule has 6 heteroatoms. The SMILES string of the molecule is CCC(CC)CCC[C@H]1C(=O)CC(CCCc2ccc(OC(F)(F)F)cc2)[C@H](c2ccc(C(C)(C)C)cc2)N1C. The molecule has 40 heavy (non-hydrogen) atoms. The molecule has 0 amide bonds. The van der Waals surface area contributed by atoms with Gasteiger partial charge in [0.25, 0.3) is 0 Å². The van der Waals surface area contributed by atoms with Crippen LogP contribution in [0.4, 0.5) is 13.2 Å². The van der Waals surface area contributed by atoms with Crippen LogP contribution in [0, 0.1) is 11.8 Å². The number of likely N-dealkylation sites (tertiary alicyclic amines) is 1. The second-order valence-corrected chi connectivity index (χ2v) is 12.6. The molecule has 1 heterocycles. The smallest absolute Gasteiger partial charge is 0.406 e. The van der Waals surface area contributed by atoms with Gasteiger partial charge in [0.15, 0.2) is 0 Å². The lowest BCUT2D eigenvalue weighted by atomic mass is 9.76. The first kappa shape index (κ1) is 32.2. The first-order valence-electron chi connectivity index (χ1n) is 15.0. The number of hydrogen-bond acceptors (Lipinski definition) is 3. The zero-order chi connectivity index (χ0) is 29.5. The molecule has 0 radical (unpaired) electrons. The van der Waals surface area contributed by atoms with E-state index in [1.807, 2.05) is 0 Å². The summed E-state index contributed by atoms with van der Waals surface area (Å²) in [6.07, 6.45) is 3.90. The number of rotatable bonds is 12. The van der Waals surface area contributed by atoms with E-state index in [1.165, 1.54) is 42.5 Å². The Morgan fingerprint density at radius 3 is 2.10 bits per heavy atom. The van der Waals surface area contributed by atoms with Crippen LogP contribution in [0.2, 0.25) is 0 Å². The summed E-state index contributed by atoms with van der Waals surface area (Å²) in [5, 5.41) is 0. The second kappa shape index (κ2) is 14.0. The van der Waals surface area contributed by atoms with Crippen molar-refractivity contribution in [2.75, 3.05) is 7.05 Å². The van der Waals surface area contributed by atoms with Crippen LogP contribution < -0.4 is 4.74 Å². The molecule has 3 atom stereocenters. The van der Waals surface area contributed by atoms with Crippen molar-refractivity contribution in [2.45, 2.75) is 116 Å². The lowest BCUT2D eigenvalue weighted by Crippen LogP contribution is -2.49. The van der Waals surface area contributed by atoms with E-state index in [-0.39, 0.29) is 29.2 Å². The number of Topliss-reactive ketones (excluding diaryl/α,β-unsaturated/α-hetero) is 1. The largest absolute Gasteiger partial charge is 0.573 e. The molecular weight excluding hydrogens is 511 g/mol. The summed E-state index contributed by atoms with van der Waals surface area (Å²) in [7, 11) is 2.12. The number of carbonyl (C=O) groups excluding carboxylic acids is 1. The number of halogens is 3. The summed E-state index contributed by atoms with van der Waals surface area (Å²) in [5.41, 5.74) is 3.59. The summed E-state index contributed by atoms with van der Waals surface area (Å²) in [5.74, 6) is 1.06. The Labute approximate surface area is 239 Å². The van der Waals surface area contributed by atoms with Crippen LogP contribution in [0.5, 0.6) is 5.75 Å².